The summed E-state index contributed by atoms with van der Waals surface area (Å²) < 4.78 is 6.05. The lowest BCUT2D eigenvalue weighted by atomic mass is 9.79. The number of anilines is 1. The molecule has 5 rings (SSSR count). The van der Waals surface area contributed by atoms with E-state index in [1.54, 1.807) is 6.07 Å². The summed E-state index contributed by atoms with van der Waals surface area (Å²) in [5.74, 6) is 0.678. The first-order chi connectivity index (χ1) is 11.8. The molecule has 0 aromatic heterocycles. The number of aromatic hydroxyl groups is 1. The molecule has 3 aromatic rings. The monoisotopic (exact) mass is 317 g/mol. The highest BCUT2D eigenvalue weighted by Gasteiger charge is 2.42. The Kier molecular flexibility index (Phi) is 3.03. The van der Waals surface area contributed by atoms with E-state index in [2.05, 4.69) is 53.8 Å². The van der Waals surface area contributed by atoms with Gasteiger partial charge in [0.1, 0.15) is 5.75 Å². The number of phenolic OH excluding ortho intramolecular Hbond substituents is 1. The van der Waals surface area contributed by atoms with E-state index < -0.39 is 0 Å². The first-order valence-corrected chi connectivity index (χ1v) is 8.50. The molecule has 120 valence electrons. The van der Waals surface area contributed by atoms with Crippen molar-refractivity contribution in [2.24, 2.45) is 5.92 Å². The number of rotatable bonds is 1. The van der Waals surface area contributed by atoms with Crippen molar-refractivity contribution in [2.45, 2.75) is 18.6 Å². The lowest BCUT2D eigenvalue weighted by Crippen LogP contribution is -2.29. The van der Waals surface area contributed by atoms with Gasteiger partial charge in [-0.3, -0.25) is 0 Å². The lowest BCUT2D eigenvalue weighted by Gasteiger charge is -2.37. The molecule has 2 aliphatic rings. The number of fused-ring (bicyclic) bond motifs is 4. The highest BCUT2D eigenvalue weighted by Crippen LogP contribution is 2.52. The van der Waals surface area contributed by atoms with Gasteiger partial charge >= 0.3 is 0 Å². The number of para-hydroxylation sites is 1. The minimum absolute atomic E-state index is 0.0531. The van der Waals surface area contributed by atoms with Crippen molar-refractivity contribution in [3.8, 4) is 5.75 Å². The molecule has 0 saturated carbocycles. The number of hydrogen-bond acceptors (Lipinski definition) is 3. The van der Waals surface area contributed by atoms with Crippen LogP contribution in [0.15, 0.2) is 60.7 Å². The second-order valence-electron chi connectivity index (χ2n) is 6.68. The van der Waals surface area contributed by atoms with Gasteiger partial charge in [-0.25, -0.2) is 0 Å². The Balaban J connectivity index is 1.70. The van der Waals surface area contributed by atoms with Crippen LogP contribution in [0.4, 0.5) is 5.69 Å². The molecule has 1 saturated heterocycles. The van der Waals surface area contributed by atoms with Gasteiger partial charge in [0.15, 0.2) is 0 Å². The van der Waals surface area contributed by atoms with Crippen LogP contribution in [0, 0.1) is 5.92 Å². The minimum Gasteiger partial charge on any atom is -0.506 e. The summed E-state index contributed by atoms with van der Waals surface area (Å²) in [6, 6.07) is 20.8. The largest absolute Gasteiger partial charge is 0.506 e. The summed E-state index contributed by atoms with van der Waals surface area (Å²) in [5, 5.41) is 16.5. The summed E-state index contributed by atoms with van der Waals surface area (Å²) in [6.07, 6.45) is 1.08. The zero-order valence-electron chi connectivity index (χ0n) is 13.3. The van der Waals surface area contributed by atoms with Gasteiger partial charge < -0.3 is 15.2 Å². The molecule has 2 aliphatic heterocycles. The van der Waals surface area contributed by atoms with Crippen molar-refractivity contribution in [3.63, 3.8) is 0 Å². The van der Waals surface area contributed by atoms with E-state index >= 15 is 0 Å². The zero-order chi connectivity index (χ0) is 16.1. The molecule has 0 aliphatic carbocycles. The third kappa shape index (κ3) is 1.95. The molecular weight excluding hydrogens is 298 g/mol. The Labute approximate surface area is 140 Å². The minimum atomic E-state index is 0.0531. The number of hydrogen-bond donors (Lipinski definition) is 2. The van der Waals surface area contributed by atoms with Crippen LogP contribution < -0.4 is 5.32 Å². The van der Waals surface area contributed by atoms with Gasteiger partial charge in [-0.2, -0.15) is 0 Å². The number of ether oxygens (including phenoxy) is 1. The molecule has 3 nitrogen and oxygen atoms in total. The molecule has 2 heterocycles. The van der Waals surface area contributed by atoms with E-state index in [0.717, 1.165) is 24.3 Å². The maximum Gasteiger partial charge on any atom is 0.139 e. The fraction of sp³-hybridized carbons (Fsp3) is 0.238. The molecule has 3 aromatic carbocycles. The molecule has 3 unspecified atom stereocenters. The molecule has 2 N–H and O–H groups in total. The molecule has 24 heavy (non-hydrogen) atoms. The fourth-order valence-corrected chi connectivity index (χ4v) is 4.31. The van der Waals surface area contributed by atoms with Crippen LogP contribution in [0.25, 0.3) is 10.8 Å². The van der Waals surface area contributed by atoms with Gasteiger partial charge in [0.05, 0.1) is 17.8 Å². The van der Waals surface area contributed by atoms with Gasteiger partial charge in [0.2, 0.25) is 0 Å². The zero-order valence-corrected chi connectivity index (χ0v) is 13.3. The Morgan fingerprint density at radius 2 is 1.71 bits per heavy atom. The van der Waals surface area contributed by atoms with Crippen molar-refractivity contribution in [1.82, 2.24) is 0 Å². The average Bonchev–Trinajstić information content (AvgIpc) is 3.11. The van der Waals surface area contributed by atoms with E-state index in [9.17, 15) is 5.11 Å². The van der Waals surface area contributed by atoms with Gasteiger partial charge in [-0.15, -0.1) is 0 Å². The molecule has 0 amide bonds. The van der Waals surface area contributed by atoms with Gasteiger partial charge in [-0.1, -0.05) is 54.6 Å². The van der Waals surface area contributed by atoms with Crippen molar-refractivity contribution < 1.29 is 9.84 Å². The average molecular weight is 317 g/mol. The predicted octanol–water partition coefficient (Wildman–Crippen LogP) is 4.79. The van der Waals surface area contributed by atoms with Crippen molar-refractivity contribution in [1.29, 1.82) is 0 Å². The third-order valence-corrected chi connectivity index (χ3v) is 5.41. The van der Waals surface area contributed by atoms with Gasteiger partial charge in [0.25, 0.3) is 0 Å². The Morgan fingerprint density at radius 1 is 0.917 bits per heavy atom. The van der Waals surface area contributed by atoms with Crippen LogP contribution in [0.5, 0.6) is 5.75 Å². The Hall–Kier alpha value is -2.52. The topological polar surface area (TPSA) is 41.5 Å². The van der Waals surface area contributed by atoms with Crippen LogP contribution in [0.1, 0.15) is 29.7 Å². The Morgan fingerprint density at radius 3 is 2.67 bits per heavy atom. The molecule has 3 atom stereocenters. The van der Waals surface area contributed by atoms with Crippen LogP contribution in [-0.2, 0) is 4.74 Å². The summed E-state index contributed by atoms with van der Waals surface area (Å²) in [4.78, 5) is 0. The highest BCUT2D eigenvalue weighted by molar-refractivity contribution is 5.86. The molecular formula is C21H19NO2. The second-order valence-corrected chi connectivity index (χ2v) is 6.68. The van der Waals surface area contributed by atoms with E-state index in [1.165, 1.54) is 16.3 Å². The van der Waals surface area contributed by atoms with Gasteiger partial charge in [0, 0.05) is 18.1 Å². The molecule has 0 bridgehead atoms. The van der Waals surface area contributed by atoms with E-state index in [0.29, 0.717) is 11.7 Å². The maximum absolute atomic E-state index is 10.3. The highest BCUT2D eigenvalue weighted by atomic mass is 16.5. The van der Waals surface area contributed by atoms with Crippen LogP contribution in [0.2, 0.25) is 0 Å². The normalized spacial score (nSPS) is 25.1. The summed E-state index contributed by atoms with van der Waals surface area (Å²) in [6.45, 7) is 0.771. The number of benzene rings is 3. The smallest absolute Gasteiger partial charge is 0.139 e. The van der Waals surface area contributed by atoms with Crippen LogP contribution in [0.3, 0.4) is 0 Å². The lowest BCUT2D eigenvalue weighted by molar-refractivity contribution is 0.0828. The maximum atomic E-state index is 10.3. The Bertz CT molecular complexity index is 915. The van der Waals surface area contributed by atoms with E-state index in [-0.39, 0.29) is 12.1 Å². The molecule has 0 radical (unpaired) electrons. The fourth-order valence-electron chi connectivity index (χ4n) is 4.31. The number of nitrogens with one attached hydrogen (secondary N) is 1. The van der Waals surface area contributed by atoms with Crippen LogP contribution in [-0.4, -0.2) is 11.7 Å². The molecule has 0 spiro atoms. The van der Waals surface area contributed by atoms with E-state index in [1.807, 2.05) is 6.07 Å². The van der Waals surface area contributed by atoms with Crippen molar-refractivity contribution in [3.05, 3.63) is 71.8 Å². The van der Waals surface area contributed by atoms with Crippen LogP contribution >= 0.6 is 0 Å². The quantitative estimate of drug-likeness (QED) is 0.634. The number of phenols is 1. The first kappa shape index (κ1) is 13.9. The first-order valence-electron chi connectivity index (χ1n) is 8.50. The van der Waals surface area contributed by atoms with Crippen molar-refractivity contribution in [2.75, 3.05) is 11.9 Å². The van der Waals surface area contributed by atoms with Gasteiger partial charge in [-0.05, 0) is 28.8 Å². The molecule has 1 fully saturated rings. The SMILES string of the molecule is Oc1cccc2c1NC(c1cccc3ccccc13)C1CCOC21. The summed E-state index contributed by atoms with van der Waals surface area (Å²) >= 11 is 0. The summed E-state index contributed by atoms with van der Waals surface area (Å²) in [7, 11) is 0. The predicted molar refractivity (Wildman–Crippen MR) is 95.2 cm³/mol. The summed E-state index contributed by atoms with van der Waals surface area (Å²) in [5.41, 5.74) is 3.18. The van der Waals surface area contributed by atoms with Crippen molar-refractivity contribution >= 4 is 16.5 Å². The standard InChI is InChI=1S/C21H19NO2/c23-18-10-4-9-16-20(18)22-19(17-11-12-24-21(16)17)15-8-3-6-13-5-1-2-7-14(13)15/h1-10,17,19,21-23H,11-12H2. The third-order valence-electron chi connectivity index (χ3n) is 5.41. The molecule has 3 heteroatoms. The van der Waals surface area contributed by atoms with E-state index in [4.69, 9.17) is 4.74 Å². The second kappa shape index (κ2) is 5.25.